The number of aryl methyl sites for hydroxylation is 3. The van der Waals surface area contributed by atoms with E-state index in [0.29, 0.717) is 0 Å². The van der Waals surface area contributed by atoms with Crippen LogP contribution < -0.4 is 0 Å². The molecule has 0 aliphatic heterocycles. The van der Waals surface area contributed by atoms with Crippen molar-refractivity contribution in [3.8, 4) is 0 Å². The van der Waals surface area contributed by atoms with Crippen molar-refractivity contribution in [2.75, 3.05) is 0 Å². The van der Waals surface area contributed by atoms with E-state index >= 15 is 0 Å². The lowest BCUT2D eigenvalue weighted by atomic mass is 10.1. The molecule has 0 aromatic carbocycles. The summed E-state index contributed by atoms with van der Waals surface area (Å²) in [6.45, 7) is 6.95. The highest BCUT2D eigenvalue weighted by molar-refractivity contribution is 5.10. The Balaban J connectivity index is 2.68. The van der Waals surface area contributed by atoms with Gasteiger partial charge in [0.1, 0.15) is 0 Å². The maximum absolute atomic E-state index is 9.21. The number of nitrogens with zero attached hydrogens (tertiary/aromatic N) is 2. The Morgan fingerprint density at radius 3 is 2.71 bits per heavy atom. The Morgan fingerprint density at radius 2 is 2.21 bits per heavy atom. The highest BCUT2D eigenvalue weighted by atomic mass is 16.3. The minimum atomic E-state index is -0.222. The molecule has 1 rings (SSSR count). The average molecular weight is 196 g/mol. The predicted octanol–water partition coefficient (Wildman–Crippen LogP) is 1.78. The van der Waals surface area contributed by atoms with Gasteiger partial charge in [0, 0.05) is 12.2 Å². The van der Waals surface area contributed by atoms with E-state index in [4.69, 9.17) is 0 Å². The average Bonchev–Trinajstić information content (AvgIpc) is 2.57. The van der Waals surface area contributed by atoms with Crippen molar-refractivity contribution in [1.29, 1.82) is 0 Å². The first kappa shape index (κ1) is 11.2. The molecule has 3 heteroatoms. The largest absolute Gasteiger partial charge is 0.393 e. The van der Waals surface area contributed by atoms with E-state index in [2.05, 4.69) is 25.0 Å². The second-order valence-electron chi connectivity index (χ2n) is 3.68. The van der Waals surface area contributed by atoms with Gasteiger partial charge >= 0.3 is 0 Å². The molecule has 0 spiro atoms. The molecule has 0 radical (unpaired) electrons. The van der Waals surface area contributed by atoms with Crippen molar-refractivity contribution in [3.05, 3.63) is 17.5 Å². The van der Waals surface area contributed by atoms with Gasteiger partial charge in [0.05, 0.1) is 11.8 Å². The fourth-order valence-electron chi connectivity index (χ4n) is 1.52. The van der Waals surface area contributed by atoms with Crippen molar-refractivity contribution in [2.45, 2.75) is 52.7 Å². The number of aliphatic hydroxyl groups is 1. The van der Waals surface area contributed by atoms with Gasteiger partial charge in [0.15, 0.2) is 0 Å². The molecule has 80 valence electrons. The van der Waals surface area contributed by atoms with Crippen LogP contribution in [0, 0.1) is 0 Å². The van der Waals surface area contributed by atoms with E-state index in [-0.39, 0.29) is 6.10 Å². The van der Waals surface area contributed by atoms with Gasteiger partial charge in [-0.25, -0.2) is 0 Å². The summed E-state index contributed by atoms with van der Waals surface area (Å²) >= 11 is 0. The minimum Gasteiger partial charge on any atom is -0.393 e. The maximum Gasteiger partial charge on any atom is 0.0624 e. The Bertz CT molecular complexity index is 279. The van der Waals surface area contributed by atoms with E-state index in [0.717, 1.165) is 31.5 Å². The van der Waals surface area contributed by atoms with Crippen molar-refractivity contribution < 1.29 is 5.11 Å². The molecule has 1 atom stereocenters. The molecule has 0 aliphatic carbocycles. The van der Waals surface area contributed by atoms with E-state index < -0.39 is 0 Å². The quantitative estimate of drug-likeness (QED) is 0.779. The summed E-state index contributed by atoms with van der Waals surface area (Å²) in [6, 6.07) is 2.14. The summed E-state index contributed by atoms with van der Waals surface area (Å²) < 4.78 is 2.03. The second-order valence-corrected chi connectivity index (χ2v) is 3.68. The summed E-state index contributed by atoms with van der Waals surface area (Å²) in [4.78, 5) is 0. The number of hydrogen-bond donors (Lipinski definition) is 1. The van der Waals surface area contributed by atoms with E-state index in [9.17, 15) is 5.11 Å². The fraction of sp³-hybridized carbons (Fsp3) is 0.727. The molecule has 1 unspecified atom stereocenters. The molecule has 1 N–H and O–H groups in total. The Kier molecular flexibility index (Phi) is 4.14. The Labute approximate surface area is 85.8 Å². The molecule has 14 heavy (non-hydrogen) atoms. The molecule has 0 bridgehead atoms. The predicted molar refractivity (Wildman–Crippen MR) is 57.3 cm³/mol. The van der Waals surface area contributed by atoms with Gasteiger partial charge in [-0.1, -0.05) is 6.92 Å². The van der Waals surface area contributed by atoms with Gasteiger partial charge in [-0.2, -0.15) is 5.10 Å². The molecular formula is C11H20N2O. The molecule has 1 heterocycles. The van der Waals surface area contributed by atoms with Crippen molar-refractivity contribution in [1.82, 2.24) is 9.78 Å². The zero-order valence-electron chi connectivity index (χ0n) is 9.32. The highest BCUT2D eigenvalue weighted by Gasteiger charge is 2.06. The number of aliphatic hydroxyl groups excluding tert-OH is 1. The molecule has 0 saturated heterocycles. The van der Waals surface area contributed by atoms with Crippen LogP contribution in [0.15, 0.2) is 6.07 Å². The van der Waals surface area contributed by atoms with Gasteiger partial charge in [0.25, 0.3) is 0 Å². The fourth-order valence-corrected chi connectivity index (χ4v) is 1.52. The summed E-state index contributed by atoms with van der Waals surface area (Å²) in [5, 5.41) is 13.7. The van der Waals surface area contributed by atoms with Crippen LogP contribution in [0.1, 0.15) is 38.6 Å². The van der Waals surface area contributed by atoms with Crippen LogP contribution in [0.4, 0.5) is 0 Å². The molecule has 0 aliphatic rings. The molecule has 0 amide bonds. The third-order valence-corrected chi connectivity index (χ3v) is 2.39. The van der Waals surface area contributed by atoms with Crippen molar-refractivity contribution in [2.24, 2.45) is 0 Å². The SMILES string of the molecule is CCc1cc(CCC(C)O)n(CC)n1. The number of aromatic nitrogens is 2. The Hall–Kier alpha value is -0.830. The van der Waals surface area contributed by atoms with Crippen LogP contribution in [0.5, 0.6) is 0 Å². The maximum atomic E-state index is 9.21. The molecule has 3 nitrogen and oxygen atoms in total. The molecule has 1 aromatic heterocycles. The van der Waals surface area contributed by atoms with Gasteiger partial charge < -0.3 is 5.11 Å². The smallest absolute Gasteiger partial charge is 0.0624 e. The third kappa shape index (κ3) is 2.84. The molecule has 0 fully saturated rings. The lowest BCUT2D eigenvalue weighted by Gasteiger charge is -2.05. The van der Waals surface area contributed by atoms with E-state index in [1.165, 1.54) is 5.69 Å². The van der Waals surface area contributed by atoms with Crippen molar-refractivity contribution in [3.63, 3.8) is 0 Å². The minimum absolute atomic E-state index is 0.222. The Morgan fingerprint density at radius 1 is 1.50 bits per heavy atom. The summed E-state index contributed by atoms with van der Waals surface area (Å²) in [5.74, 6) is 0. The van der Waals surface area contributed by atoms with Crippen LogP contribution in [-0.4, -0.2) is 21.0 Å². The second kappa shape index (κ2) is 5.15. The van der Waals surface area contributed by atoms with Gasteiger partial charge in [-0.3, -0.25) is 4.68 Å². The third-order valence-electron chi connectivity index (χ3n) is 2.39. The normalized spacial score (nSPS) is 13.1. The van der Waals surface area contributed by atoms with Gasteiger partial charge in [0.2, 0.25) is 0 Å². The zero-order valence-corrected chi connectivity index (χ0v) is 9.32. The van der Waals surface area contributed by atoms with Crippen LogP contribution in [0.25, 0.3) is 0 Å². The summed E-state index contributed by atoms with van der Waals surface area (Å²) in [5.41, 5.74) is 2.39. The van der Waals surface area contributed by atoms with Crippen LogP contribution >= 0.6 is 0 Å². The van der Waals surface area contributed by atoms with Crippen molar-refractivity contribution >= 4 is 0 Å². The monoisotopic (exact) mass is 196 g/mol. The molecule has 1 aromatic rings. The topological polar surface area (TPSA) is 38.0 Å². The first-order valence-electron chi connectivity index (χ1n) is 5.41. The summed E-state index contributed by atoms with van der Waals surface area (Å²) in [6.07, 6.45) is 2.49. The highest BCUT2D eigenvalue weighted by Crippen LogP contribution is 2.09. The number of rotatable bonds is 5. The first-order chi connectivity index (χ1) is 6.67. The molecule has 0 saturated carbocycles. The zero-order chi connectivity index (χ0) is 10.6. The first-order valence-corrected chi connectivity index (χ1v) is 5.41. The lowest BCUT2D eigenvalue weighted by molar-refractivity contribution is 0.184. The van der Waals surface area contributed by atoms with Crippen LogP contribution in [0.3, 0.4) is 0 Å². The van der Waals surface area contributed by atoms with Crippen LogP contribution in [-0.2, 0) is 19.4 Å². The van der Waals surface area contributed by atoms with E-state index in [1.54, 1.807) is 0 Å². The number of hydrogen-bond acceptors (Lipinski definition) is 2. The van der Waals surface area contributed by atoms with Crippen LogP contribution in [0.2, 0.25) is 0 Å². The summed E-state index contributed by atoms with van der Waals surface area (Å²) in [7, 11) is 0. The van der Waals surface area contributed by atoms with Gasteiger partial charge in [-0.15, -0.1) is 0 Å². The van der Waals surface area contributed by atoms with E-state index in [1.807, 2.05) is 11.6 Å². The van der Waals surface area contributed by atoms with Gasteiger partial charge in [-0.05, 0) is 39.2 Å². The molecular weight excluding hydrogens is 176 g/mol. The standard InChI is InChI=1S/C11H20N2O/c1-4-10-8-11(7-6-9(3)14)13(5-2)12-10/h8-9,14H,4-7H2,1-3H3. The lowest BCUT2D eigenvalue weighted by Crippen LogP contribution is -2.07.